The van der Waals surface area contributed by atoms with E-state index in [-0.39, 0.29) is 12.5 Å². The first kappa shape index (κ1) is 15.1. The van der Waals surface area contributed by atoms with Crippen molar-refractivity contribution in [1.29, 1.82) is 0 Å². The van der Waals surface area contributed by atoms with Crippen LogP contribution in [0, 0.1) is 6.92 Å². The number of ether oxygens (including phenoxy) is 1. The van der Waals surface area contributed by atoms with Gasteiger partial charge in [-0.1, -0.05) is 29.8 Å². The molecule has 4 heteroatoms. The van der Waals surface area contributed by atoms with Gasteiger partial charge in [-0.2, -0.15) is 0 Å². The highest BCUT2D eigenvalue weighted by molar-refractivity contribution is 5.91. The Bertz CT molecular complexity index is 577. The Hall–Kier alpha value is -2.33. The van der Waals surface area contributed by atoms with Gasteiger partial charge in [0, 0.05) is 5.69 Å². The fourth-order valence-electron chi connectivity index (χ4n) is 1.90. The number of hydrogen-bond acceptors (Lipinski definition) is 3. The molecule has 0 fully saturated rings. The monoisotopic (exact) mass is 284 g/mol. The number of rotatable bonds is 6. The molecule has 0 radical (unpaired) electrons. The summed E-state index contributed by atoms with van der Waals surface area (Å²) in [5, 5.41) is 2.79. The Morgan fingerprint density at radius 3 is 2.38 bits per heavy atom. The predicted octanol–water partition coefficient (Wildman–Crippen LogP) is 2.51. The van der Waals surface area contributed by atoms with Crippen LogP contribution in [-0.2, 0) is 11.2 Å². The average molecular weight is 284 g/mol. The van der Waals surface area contributed by atoms with E-state index in [1.165, 1.54) is 0 Å². The standard InChI is InChI=1S/C17H20N2O2/c1-13-2-6-15(7-3-13)19-17(20)12-21-16-8-4-14(5-9-16)10-11-18/h2-9H,10-12,18H2,1H3,(H,19,20). The van der Waals surface area contributed by atoms with Crippen LogP contribution in [0.25, 0.3) is 0 Å². The zero-order valence-electron chi connectivity index (χ0n) is 12.1. The highest BCUT2D eigenvalue weighted by Crippen LogP contribution is 2.13. The van der Waals surface area contributed by atoms with E-state index < -0.39 is 0 Å². The van der Waals surface area contributed by atoms with Crippen molar-refractivity contribution >= 4 is 11.6 Å². The molecule has 0 saturated heterocycles. The quantitative estimate of drug-likeness (QED) is 0.856. The molecule has 0 unspecified atom stereocenters. The maximum atomic E-state index is 11.8. The number of anilines is 1. The van der Waals surface area contributed by atoms with E-state index in [0.717, 1.165) is 23.2 Å². The number of amides is 1. The van der Waals surface area contributed by atoms with E-state index in [4.69, 9.17) is 10.5 Å². The van der Waals surface area contributed by atoms with Crippen LogP contribution < -0.4 is 15.8 Å². The first-order valence-electron chi connectivity index (χ1n) is 6.96. The summed E-state index contributed by atoms with van der Waals surface area (Å²) < 4.78 is 5.45. The molecule has 0 spiro atoms. The van der Waals surface area contributed by atoms with Crippen LogP contribution in [0.5, 0.6) is 5.75 Å². The van der Waals surface area contributed by atoms with Gasteiger partial charge in [0.2, 0.25) is 0 Å². The number of nitrogens with one attached hydrogen (secondary N) is 1. The molecule has 0 bridgehead atoms. The number of carbonyl (C=O) groups is 1. The number of benzene rings is 2. The third-order valence-corrected chi connectivity index (χ3v) is 3.06. The fourth-order valence-corrected chi connectivity index (χ4v) is 1.90. The summed E-state index contributed by atoms with van der Waals surface area (Å²) in [6.07, 6.45) is 0.841. The molecule has 0 atom stereocenters. The van der Waals surface area contributed by atoms with Gasteiger partial charge in [0.25, 0.3) is 5.91 Å². The summed E-state index contributed by atoms with van der Waals surface area (Å²) in [6.45, 7) is 2.62. The zero-order valence-corrected chi connectivity index (χ0v) is 12.1. The average Bonchev–Trinajstić information content (AvgIpc) is 2.49. The van der Waals surface area contributed by atoms with E-state index in [2.05, 4.69) is 5.32 Å². The van der Waals surface area contributed by atoms with Crippen LogP contribution in [0.1, 0.15) is 11.1 Å². The second-order valence-electron chi connectivity index (χ2n) is 4.89. The lowest BCUT2D eigenvalue weighted by Crippen LogP contribution is -2.20. The van der Waals surface area contributed by atoms with E-state index in [1.807, 2.05) is 55.5 Å². The van der Waals surface area contributed by atoms with Crippen LogP contribution in [-0.4, -0.2) is 19.1 Å². The maximum absolute atomic E-state index is 11.8. The lowest BCUT2D eigenvalue weighted by atomic mass is 10.1. The van der Waals surface area contributed by atoms with Gasteiger partial charge in [0.1, 0.15) is 5.75 Å². The lowest BCUT2D eigenvalue weighted by molar-refractivity contribution is -0.118. The molecule has 0 aliphatic rings. The molecular weight excluding hydrogens is 264 g/mol. The molecule has 3 N–H and O–H groups in total. The van der Waals surface area contributed by atoms with Crippen molar-refractivity contribution in [3.63, 3.8) is 0 Å². The van der Waals surface area contributed by atoms with Crippen LogP contribution >= 0.6 is 0 Å². The van der Waals surface area contributed by atoms with Crippen LogP contribution in [0.3, 0.4) is 0 Å². The van der Waals surface area contributed by atoms with Crippen molar-refractivity contribution in [2.45, 2.75) is 13.3 Å². The van der Waals surface area contributed by atoms with E-state index in [1.54, 1.807) is 0 Å². The second kappa shape index (κ2) is 7.45. The summed E-state index contributed by atoms with van der Waals surface area (Å²) in [5.74, 6) is 0.500. The van der Waals surface area contributed by atoms with Crippen molar-refractivity contribution in [3.05, 3.63) is 59.7 Å². The predicted molar refractivity (Wildman–Crippen MR) is 84.5 cm³/mol. The van der Waals surface area contributed by atoms with Gasteiger partial charge >= 0.3 is 0 Å². The molecule has 2 rings (SSSR count). The SMILES string of the molecule is Cc1ccc(NC(=O)COc2ccc(CCN)cc2)cc1. The normalized spacial score (nSPS) is 10.2. The molecule has 1 amide bonds. The molecular formula is C17H20N2O2. The third kappa shape index (κ3) is 4.93. The first-order chi connectivity index (χ1) is 10.2. The van der Waals surface area contributed by atoms with Crippen molar-refractivity contribution < 1.29 is 9.53 Å². The van der Waals surface area contributed by atoms with Gasteiger partial charge < -0.3 is 15.8 Å². The Morgan fingerprint density at radius 1 is 1.10 bits per heavy atom. The summed E-state index contributed by atoms with van der Waals surface area (Å²) in [6, 6.07) is 15.3. The first-order valence-corrected chi connectivity index (χ1v) is 6.96. The summed E-state index contributed by atoms with van der Waals surface area (Å²) in [7, 11) is 0. The zero-order chi connectivity index (χ0) is 15.1. The summed E-state index contributed by atoms with van der Waals surface area (Å²) >= 11 is 0. The topological polar surface area (TPSA) is 64.3 Å². The number of nitrogens with two attached hydrogens (primary N) is 1. The minimum Gasteiger partial charge on any atom is -0.484 e. The highest BCUT2D eigenvalue weighted by atomic mass is 16.5. The van der Waals surface area contributed by atoms with Gasteiger partial charge in [0.05, 0.1) is 0 Å². The van der Waals surface area contributed by atoms with Crippen LogP contribution in [0.15, 0.2) is 48.5 Å². The van der Waals surface area contributed by atoms with Gasteiger partial charge in [-0.25, -0.2) is 0 Å². The molecule has 4 nitrogen and oxygen atoms in total. The molecule has 2 aromatic carbocycles. The number of carbonyl (C=O) groups excluding carboxylic acids is 1. The number of aryl methyl sites for hydroxylation is 1. The van der Waals surface area contributed by atoms with Crippen molar-refractivity contribution in [1.82, 2.24) is 0 Å². The van der Waals surface area contributed by atoms with Gasteiger partial charge in [-0.05, 0) is 49.7 Å². The summed E-state index contributed by atoms with van der Waals surface area (Å²) in [4.78, 5) is 11.8. The number of hydrogen-bond donors (Lipinski definition) is 2. The Kier molecular flexibility index (Phi) is 5.35. The van der Waals surface area contributed by atoms with Crippen molar-refractivity contribution in [2.24, 2.45) is 5.73 Å². The third-order valence-electron chi connectivity index (χ3n) is 3.06. The van der Waals surface area contributed by atoms with E-state index in [9.17, 15) is 4.79 Å². The molecule has 21 heavy (non-hydrogen) atoms. The molecule has 0 heterocycles. The van der Waals surface area contributed by atoms with Crippen molar-refractivity contribution in [3.8, 4) is 5.75 Å². The smallest absolute Gasteiger partial charge is 0.262 e. The Labute approximate surface area is 124 Å². The van der Waals surface area contributed by atoms with Crippen LogP contribution in [0.2, 0.25) is 0 Å². The summed E-state index contributed by atoms with van der Waals surface area (Å²) in [5.41, 5.74) is 8.58. The van der Waals surface area contributed by atoms with Gasteiger partial charge in [-0.15, -0.1) is 0 Å². The molecule has 0 aromatic heterocycles. The Morgan fingerprint density at radius 2 is 1.76 bits per heavy atom. The van der Waals surface area contributed by atoms with Crippen molar-refractivity contribution in [2.75, 3.05) is 18.5 Å². The largest absolute Gasteiger partial charge is 0.484 e. The second-order valence-corrected chi connectivity index (χ2v) is 4.89. The van der Waals surface area contributed by atoms with Gasteiger partial charge in [0.15, 0.2) is 6.61 Å². The molecule has 0 aliphatic carbocycles. The lowest BCUT2D eigenvalue weighted by Gasteiger charge is -2.08. The minimum atomic E-state index is -0.176. The molecule has 0 aliphatic heterocycles. The van der Waals surface area contributed by atoms with E-state index >= 15 is 0 Å². The molecule has 2 aromatic rings. The minimum absolute atomic E-state index is 0.00981. The molecule has 110 valence electrons. The van der Waals surface area contributed by atoms with Crippen LogP contribution in [0.4, 0.5) is 5.69 Å². The fraction of sp³-hybridized carbons (Fsp3) is 0.235. The maximum Gasteiger partial charge on any atom is 0.262 e. The molecule has 0 saturated carbocycles. The van der Waals surface area contributed by atoms with Gasteiger partial charge in [-0.3, -0.25) is 4.79 Å². The highest BCUT2D eigenvalue weighted by Gasteiger charge is 2.03. The van der Waals surface area contributed by atoms with E-state index in [0.29, 0.717) is 12.3 Å². The Balaban J connectivity index is 1.81.